The van der Waals surface area contributed by atoms with Crippen LogP contribution in [0.5, 0.6) is 5.75 Å². The molecule has 5 nitrogen and oxygen atoms in total. The normalized spacial score (nSPS) is 10.2. The number of nitrogens with one attached hydrogen (secondary N) is 2. The Balaban J connectivity index is 1.84. The highest BCUT2D eigenvalue weighted by atomic mass is 35.5. The lowest BCUT2D eigenvalue weighted by atomic mass is 10.2. The SMILES string of the molecule is CC#CCOc1ccc2[nH]nc(NC(=O)c3ccc(F)c(Cl)c3)c2c1. The molecule has 1 aromatic heterocycles. The maximum atomic E-state index is 13.2. The van der Waals surface area contributed by atoms with E-state index in [1.54, 1.807) is 25.1 Å². The second kappa shape index (κ2) is 7.24. The molecule has 0 aliphatic carbocycles. The molecule has 0 unspecified atom stereocenters. The first-order valence-corrected chi connectivity index (χ1v) is 7.73. The summed E-state index contributed by atoms with van der Waals surface area (Å²) in [5.41, 5.74) is 0.967. The summed E-state index contributed by atoms with van der Waals surface area (Å²) < 4.78 is 18.7. The molecule has 0 saturated heterocycles. The van der Waals surface area contributed by atoms with Gasteiger partial charge in [0.15, 0.2) is 5.82 Å². The minimum absolute atomic E-state index is 0.118. The standard InChI is InChI=1S/C18H13ClFN3O2/c1-2-3-8-25-12-5-7-16-13(10-12)17(23-22-16)21-18(24)11-4-6-15(20)14(19)9-11/h4-7,9-10H,8H2,1H3,(H2,21,22,23,24). The van der Waals surface area contributed by atoms with Gasteiger partial charge in [0, 0.05) is 10.9 Å². The molecule has 0 aliphatic heterocycles. The van der Waals surface area contributed by atoms with Gasteiger partial charge in [-0.25, -0.2) is 4.39 Å². The zero-order valence-electron chi connectivity index (χ0n) is 13.2. The van der Waals surface area contributed by atoms with Crippen LogP contribution in [0.1, 0.15) is 17.3 Å². The highest BCUT2D eigenvalue weighted by Gasteiger charge is 2.13. The van der Waals surface area contributed by atoms with E-state index in [9.17, 15) is 9.18 Å². The van der Waals surface area contributed by atoms with Gasteiger partial charge in [0.2, 0.25) is 0 Å². The minimum Gasteiger partial charge on any atom is -0.481 e. The van der Waals surface area contributed by atoms with Crippen molar-refractivity contribution in [2.24, 2.45) is 0 Å². The molecule has 3 rings (SSSR count). The van der Waals surface area contributed by atoms with E-state index in [1.165, 1.54) is 12.1 Å². The molecular weight excluding hydrogens is 345 g/mol. The number of halogens is 2. The molecule has 0 aliphatic rings. The van der Waals surface area contributed by atoms with Gasteiger partial charge >= 0.3 is 0 Å². The molecule has 2 aromatic carbocycles. The summed E-state index contributed by atoms with van der Waals surface area (Å²) in [7, 11) is 0. The average Bonchev–Trinajstić information content (AvgIpc) is 3.00. The van der Waals surface area contributed by atoms with E-state index >= 15 is 0 Å². The lowest BCUT2D eigenvalue weighted by molar-refractivity contribution is 0.102. The van der Waals surface area contributed by atoms with Crippen LogP contribution in [0.3, 0.4) is 0 Å². The van der Waals surface area contributed by atoms with E-state index < -0.39 is 11.7 Å². The lowest BCUT2D eigenvalue weighted by Crippen LogP contribution is -2.12. The van der Waals surface area contributed by atoms with Crippen molar-refractivity contribution in [3.63, 3.8) is 0 Å². The minimum atomic E-state index is -0.583. The molecule has 0 bridgehead atoms. The fourth-order valence-electron chi connectivity index (χ4n) is 2.19. The van der Waals surface area contributed by atoms with E-state index in [0.29, 0.717) is 17.0 Å². The van der Waals surface area contributed by atoms with Crippen LogP contribution in [0.25, 0.3) is 10.9 Å². The summed E-state index contributed by atoms with van der Waals surface area (Å²) in [6.07, 6.45) is 0. The summed E-state index contributed by atoms with van der Waals surface area (Å²) in [6.45, 7) is 2.01. The average molecular weight is 358 g/mol. The molecule has 0 radical (unpaired) electrons. The zero-order chi connectivity index (χ0) is 17.8. The molecule has 3 aromatic rings. The van der Waals surface area contributed by atoms with Crippen molar-refractivity contribution < 1.29 is 13.9 Å². The molecule has 0 saturated carbocycles. The number of hydrogen-bond acceptors (Lipinski definition) is 3. The Kier molecular flexibility index (Phi) is 4.87. The first-order valence-electron chi connectivity index (χ1n) is 7.35. The second-order valence-electron chi connectivity index (χ2n) is 5.08. The first-order chi connectivity index (χ1) is 12.1. The first kappa shape index (κ1) is 16.8. The van der Waals surface area contributed by atoms with Gasteiger partial charge in [-0.05, 0) is 43.3 Å². The number of amides is 1. The Morgan fingerprint density at radius 2 is 2.20 bits per heavy atom. The highest BCUT2D eigenvalue weighted by molar-refractivity contribution is 6.31. The van der Waals surface area contributed by atoms with Gasteiger partial charge in [0.25, 0.3) is 5.91 Å². The third kappa shape index (κ3) is 3.73. The Morgan fingerprint density at radius 3 is 2.96 bits per heavy atom. The molecular formula is C18H13ClFN3O2. The van der Waals surface area contributed by atoms with Gasteiger partial charge in [-0.1, -0.05) is 17.5 Å². The number of H-pyrrole nitrogens is 1. The third-order valence-corrected chi connectivity index (χ3v) is 3.73. The van der Waals surface area contributed by atoms with Crippen molar-refractivity contribution in [2.75, 3.05) is 11.9 Å². The Morgan fingerprint density at radius 1 is 1.36 bits per heavy atom. The lowest BCUT2D eigenvalue weighted by Gasteiger charge is -2.05. The van der Waals surface area contributed by atoms with Crippen LogP contribution in [0, 0.1) is 17.7 Å². The number of hydrogen-bond donors (Lipinski definition) is 2. The van der Waals surface area contributed by atoms with E-state index in [1.807, 2.05) is 0 Å². The Bertz CT molecular complexity index is 1000. The van der Waals surface area contributed by atoms with Crippen LogP contribution in [0.2, 0.25) is 5.02 Å². The van der Waals surface area contributed by atoms with Gasteiger partial charge in [-0.15, -0.1) is 5.92 Å². The predicted octanol–water partition coefficient (Wildman–Crippen LogP) is 4.01. The smallest absolute Gasteiger partial charge is 0.256 e. The Labute approximate surface area is 148 Å². The van der Waals surface area contributed by atoms with Crippen molar-refractivity contribution in [1.82, 2.24) is 10.2 Å². The molecule has 0 atom stereocenters. The number of aromatic nitrogens is 2. The number of carbonyl (C=O) groups excluding carboxylic acids is 1. The largest absolute Gasteiger partial charge is 0.481 e. The van der Waals surface area contributed by atoms with Crippen molar-refractivity contribution in [3.8, 4) is 17.6 Å². The molecule has 0 spiro atoms. The molecule has 1 heterocycles. The van der Waals surface area contributed by atoms with Crippen molar-refractivity contribution in [3.05, 3.63) is 52.8 Å². The summed E-state index contributed by atoms with van der Waals surface area (Å²) in [6, 6.07) is 9.08. The van der Waals surface area contributed by atoms with Crippen LogP contribution in [0.15, 0.2) is 36.4 Å². The summed E-state index contributed by atoms with van der Waals surface area (Å²) in [5, 5.41) is 10.2. The summed E-state index contributed by atoms with van der Waals surface area (Å²) >= 11 is 5.71. The number of nitrogens with zero attached hydrogens (tertiary/aromatic N) is 1. The molecule has 7 heteroatoms. The summed E-state index contributed by atoms with van der Waals surface area (Å²) in [4.78, 5) is 12.3. The number of rotatable bonds is 4. The van der Waals surface area contributed by atoms with Gasteiger partial charge in [0.1, 0.15) is 18.2 Å². The fourth-order valence-corrected chi connectivity index (χ4v) is 2.37. The molecule has 2 N–H and O–H groups in total. The van der Waals surface area contributed by atoms with Gasteiger partial charge < -0.3 is 10.1 Å². The van der Waals surface area contributed by atoms with E-state index in [0.717, 1.165) is 11.6 Å². The van der Waals surface area contributed by atoms with Gasteiger partial charge in [-0.2, -0.15) is 5.10 Å². The quantitative estimate of drug-likeness (QED) is 0.693. The Hall–Kier alpha value is -3.04. The number of aromatic amines is 1. The summed E-state index contributed by atoms with van der Waals surface area (Å²) in [5.74, 6) is 5.47. The van der Waals surface area contributed by atoms with Crippen LogP contribution in [0.4, 0.5) is 10.2 Å². The van der Waals surface area contributed by atoms with E-state index in [-0.39, 0.29) is 17.2 Å². The van der Waals surface area contributed by atoms with Gasteiger partial charge in [0.05, 0.1) is 10.5 Å². The topological polar surface area (TPSA) is 67.0 Å². The highest BCUT2D eigenvalue weighted by Crippen LogP contribution is 2.26. The molecule has 1 amide bonds. The van der Waals surface area contributed by atoms with Crippen molar-refractivity contribution in [2.45, 2.75) is 6.92 Å². The number of carbonyl (C=O) groups is 1. The molecule has 126 valence electrons. The van der Waals surface area contributed by atoms with Crippen molar-refractivity contribution in [1.29, 1.82) is 0 Å². The second-order valence-corrected chi connectivity index (χ2v) is 5.49. The number of ether oxygens (including phenoxy) is 1. The van der Waals surface area contributed by atoms with Crippen LogP contribution >= 0.6 is 11.6 Å². The van der Waals surface area contributed by atoms with Gasteiger partial charge in [-0.3, -0.25) is 9.89 Å². The molecule has 0 fully saturated rings. The van der Waals surface area contributed by atoms with Crippen LogP contribution in [-0.4, -0.2) is 22.7 Å². The zero-order valence-corrected chi connectivity index (χ0v) is 13.9. The number of fused-ring (bicyclic) bond motifs is 1. The monoisotopic (exact) mass is 357 g/mol. The van der Waals surface area contributed by atoms with E-state index in [4.69, 9.17) is 16.3 Å². The maximum absolute atomic E-state index is 13.2. The third-order valence-electron chi connectivity index (χ3n) is 3.44. The fraction of sp³-hybridized carbons (Fsp3) is 0.111. The van der Waals surface area contributed by atoms with E-state index in [2.05, 4.69) is 27.4 Å². The van der Waals surface area contributed by atoms with Crippen molar-refractivity contribution >= 4 is 34.2 Å². The van der Waals surface area contributed by atoms with Crippen LogP contribution in [-0.2, 0) is 0 Å². The molecule has 25 heavy (non-hydrogen) atoms. The predicted molar refractivity (Wildman–Crippen MR) is 94.4 cm³/mol. The number of benzene rings is 2. The maximum Gasteiger partial charge on any atom is 0.256 e. The van der Waals surface area contributed by atoms with Crippen LogP contribution < -0.4 is 10.1 Å². The number of anilines is 1.